The number of carbonyl (C=O) groups is 1. The van der Waals surface area contributed by atoms with E-state index >= 15 is 0 Å². The summed E-state index contributed by atoms with van der Waals surface area (Å²) in [6.07, 6.45) is 3.09. The molecule has 0 unspecified atom stereocenters. The molecule has 164 valence electrons. The fourth-order valence-corrected chi connectivity index (χ4v) is 4.02. The predicted molar refractivity (Wildman–Crippen MR) is 123 cm³/mol. The van der Waals surface area contributed by atoms with Crippen LogP contribution < -0.4 is 10.5 Å². The molecule has 32 heavy (non-hydrogen) atoms. The summed E-state index contributed by atoms with van der Waals surface area (Å²) in [6, 6.07) is 15.0. The Balaban J connectivity index is 1.76. The van der Waals surface area contributed by atoms with Crippen LogP contribution in [0.5, 0.6) is 0 Å². The Labute approximate surface area is 190 Å². The smallest absolute Gasteiger partial charge is 0.261 e. The third kappa shape index (κ3) is 4.50. The lowest BCUT2D eigenvalue weighted by molar-refractivity contribution is 0.102. The number of aryl methyl sites for hydroxylation is 1. The van der Waals surface area contributed by atoms with Gasteiger partial charge < -0.3 is 5.32 Å². The molecular weight excluding hydrogens is 450 g/mol. The van der Waals surface area contributed by atoms with E-state index in [0.29, 0.717) is 22.1 Å². The molecule has 1 amide bonds. The average molecular weight is 470 g/mol. The number of rotatable bonds is 6. The molecule has 0 bridgehead atoms. The highest BCUT2D eigenvalue weighted by molar-refractivity contribution is 7.89. The van der Waals surface area contributed by atoms with Crippen molar-refractivity contribution >= 4 is 38.9 Å². The summed E-state index contributed by atoms with van der Waals surface area (Å²) in [5.41, 5.74) is 3.44. The van der Waals surface area contributed by atoms with E-state index < -0.39 is 15.9 Å². The van der Waals surface area contributed by atoms with E-state index in [-0.39, 0.29) is 10.5 Å². The lowest BCUT2D eigenvalue weighted by Gasteiger charge is -2.09. The van der Waals surface area contributed by atoms with Gasteiger partial charge in [0, 0.05) is 22.0 Å². The van der Waals surface area contributed by atoms with Crippen LogP contribution in [0.4, 0.5) is 5.69 Å². The minimum absolute atomic E-state index is 0.0939. The number of nitrogens with two attached hydrogens (primary N) is 1. The van der Waals surface area contributed by atoms with Crippen molar-refractivity contribution in [1.29, 1.82) is 0 Å². The van der Waals surface area contributed by atoms with Crippen molar-refractivity contribution in [2.24, 2.45) is 5.14 Å². The zero-order valence-corrected chi connectivity index (χ0v) is 18.7. The van der Waals surface area contributed by atoms with Crippen LogP contribution in [0.15, 0.2) is 65.7 Å². The summed E-state index contributed by atoms with van der Waals surface area (Å²) in [5, 5.41) is 12.9. The number of sulfonamides is 1. The zero-order chi connectivity index (χ0) is 22.9. The first-order valence-corrected chi connectivity index (χ1v) is 11.8. The second kappa shape index (κ2) is 8.70. The molecule has 3 N–H and O–H groups in total. The molecule has 0 fully saturated rings. The van der Waals surface area contributed by atoms with Crippen molar-refractivity contribution in [2.75, 3.05) is 5.32 Å². The second-order valence-corrected chi connectivity index (χ2v) is 9.21. The van der Waals surface area contributed by atoms with Crippen LogP contribution in [0.2, 0.25) is 5.02 Å². The molecule has 0 aliphatic rings. The van der Waals surface area contributed by atoms with Gasteiger partial charge in [-0.15, -0.1) is 0 Å². The van der Waals surface area contributed by atoms with Gasteiger partial charge in [0.2, 0.25) is 10.0 Å². The first-order chi connectivity index (χ1) is 15.3. The highest BCUT2D eigenvalue weighted by Gasteiger charge is 2.18. The molecule has 2 heterocycles. The summed E-state index contributed by atoms with van der Waals surface area (Å²) < 4.78 is 24.9. The van der Waals surface area contributed by atoms with Gasteiger partial charge in [-0.25, -0.2) is 23.1 Å². The molecule has 0 spiro atoms. The van der Waals surface area contributed by atoms with Crippen LogP contribution >= 0.6 is 11.6 Å². The summed E-state index contributed by atoms with van der Waals surface area (Å²) in [4.78, 5) is 17.6. The maximum atomic E-state index is 13.0. The largest absolute Gasteiger partial charge is 0.322 e. The first-order valence-electron chi connectivity index (χ1n) is 9.84. The molecule has 4 rings (SSSR count). The van der Waals surface area contributed by atoms with E-state index in [9.17, 15) is 13.2 Å². The normalized spacial score (nSPS) is 11.6. The molecular formula is C22H20ClN5O3S. The van der Waals surface area contributed by atoms with Crippen molar-refractivity contribution in [1.82, 2.24) is 14.6 Å². The zero-order valence-electron chi connectivity index (χ0n) is 17.1. The van der Waals surface area contributed by atoms with Crippen molar-refractivity contribution in [3.8, 4) is 11.3 Å². The minimum atomic E-state index is -3.89. The Kier molecular flexibility index (Phi) is 5.96. The van der Waals surface area contributed by atoms with Crippen molar-refractivity contribution < 1.29 is 13.2 Å². The number of benzene rings is 2. The summed E-state index contributed by atoms with van der Waals surface area (Å²) in [5.74, 6) is -0.463. The molecule has 10 heteroatoms. The molecule has 0 saturated heterocycles. The summed E-state index contributed by atoms with van der Waals surface area (Å²) >= 11 is 6.01. The summed E-state index contributed by atoms with van der Waals surface area (Å²) in [7, 11) is -3.89. The average Bonchev–Trinajstić information content (AvgIpc) is 3.18. The van der Waals surface area contributed by atoms with Crippen LogP contribution in [-0.2, 0) is 16.4 Å². The number of fused-ring (bicyclic) bond motifs is 1. The van der Waals surface area contributed by atoms with Gasteiger partial charge >= 0.3 is 0 Å². The summed E-state index contributed by atoms with van der Waals surface area (Å²) in [6.45, 7) is 2.06. The van der Waals surface area contributed by atoms with E-state index in [1.165, 1.54) is 24.4 Å². The fourth-order valence-electron chi connectivity index (χ4n) is 3.34. The standard InChI is InChI=1S/C22H20ClN5O3S/c1-2-4-17-12-20(14-7-9-15(23)10-8-14)27-21-19(13-25-28(17)21)22(29)26-16-5-3-6-18(11-16)32(24,30)31/h3,5-13H,2,4H2,1H3,(H,26,29)(H2,24,30,31). The Morgan fingerprint density at radius 1 is 1.16 bits per heavy atom. The second-order valence-electron chi connectivity index (χ2n) is 7.21. The number of nitrogens with zero attached hydrogens (tertiary/aromatic N) is 3. The van der Waals surface area contributed by atoms with Gasteiger partial charge in [-0.05, 0) is 42.8 Å². The Bertz CT molecular complexity index is 1420. The molecule has 0 aliphatic heterocycles. The maximum absolute atomic E-state index is 13.0. The Morgan fingerprint density at radius 2 is 1.91 bits per heavy atom. The van der Waals surface area contributed by atoms with Crippen LogP contribution in [0.1, 0.15) is 29.4 Å². The third-order valence-electron chi connectivity index (χ3n) is 4.86. The molecule has 0 saturated carbocycles. The van der Waals surface area contributed by atoms with Gasteiger partial charge in [-0.1, -0.05) is 43.1 Å². The topological polar surface area (TPSA) is 119 Å². The quantitative estimate of drug-likeness (QED) is 0.443. The number of halogens is 1. The number of carbonyl (C=O) groups excluding carboxylic acids is 1. The van der Waals surface area contributed by atoms with Crippen LogP contribution in [-0.4, -0.2) is 28.9 Å². The number of amides is 1. The van der Waals surface area contributed by atoms with E-state index in [1.54, 1.807) is 22.7 Å². The molecule has 0 aliphatic carbocycles. The Morgan fingerprint density at radius 3 is 2.59 bits per heavy atom. The molecule has 8 nitrogen and oxygen atoms in total. The number of nitrogens with one attached hydrogen (secondary N) is 1. The molecule has 0 atom stereocenters. The number of primary sulfonamides is 1. The van der Waals surface area contributed by atoms with Gasteiger partial charge in [0.1, 0.15) is 5.56 Å². The third-order valence-corrected chi connectivity index (χ3v) is 6.02. The lowest BCUT2D eigenvalue weighted by atomic mass is 10.1. The van der Waals surface area contributed by atoms with E-state index in [1.807, 2.05) is 18.2 Å². The maximum Gasteiger partial charge on any atom is 0.261 e. The van der Waals surface area contributed by atoms with Crippen LogP contribution in [0, 0.1) is 0 Å². The highest BCUT2D eigenvalue weighted by Crippen LogP contribution is 2.24. The first kappa shape index (κ1) is 21.9. The van der Waals surface area contributed by atoms with Crippen LogP contribution in [0.25, 0.3) is 16.9 Å². The van der Waals surface area contributed by atoms with Crippen molar-refractivity contribution in [2.45, 2.75) is 24.7 Å². The highest BCUT2D eigenvalue weighted by atomic mass is 35.5. The van der Waals surface area contributed by atoms with E-state index in [2.05, 4.69) is 22.3 Å². The minimum Gasteiger partial charge on any atom is -0.322 e. The molecule has 0 radical (unpaired) electrons. The monoisotopic (exact) mass is 469 g/mol. The van der Waals surface area contributed by atoms with Crippen molar-refractivity contribution in [3.05, 3.63) is 77.1 Å². The van der Waals surface area contributed by atoms with E-state index in [4.69, 9.17) is 16.7 Å². The number of hydrogen-bond acceptors (Lipinski definition) is 5. The van der Waals surface area contributed by atoms with Crippen LogP contribution in [0.3, 0.4) is 0 Å². The lowest BCUT2D eigenvalue weighted by Crippen LogP contribution is -2.15. The predicted octanol–water partition coefficient (Wildman–Crippen LogP) is 3.90. The van der Waals surface area contributed by atoms with Gasteiger partial charge in [-0.3, -0.25) is 4.79 Å². The fraction of sp³-hybridized carbons (Fsp3) is 0.136. The van der Waals surface area contributed by atoms with Gasteiger partial charge in [0.15, 0.2) is 5.65 Å². The van der Waals surface area contributed by atoms with Gasteiger partial charge in [0.05, 0.1) is 16.8 Å². The van der Waals surface area contributed by atoms with Gasteiger partial charge in [-0.2, -0.15) is 5.10 Å². The number of aromatic nitrogens is 3. The molecule has 2 aromatic carbocycles. The number of hydrogen-bond donors (Lipinski definition) is 2. The molecule has 4 aromatic rings. The van der Waals surface area contributed by atoms with Crippen molar-refractivity contribution in [3.63, 3.8) is 0 Å². The van der Waals surface area contributed by atoms with Gasteiger partial charge in [0.25, 0.3) is 5.91 Å². The number of anilines is 1. The molecule has 2 aromatic heterocycles. The Hall–Kier alpha value is -3.27. The SMILES string of the molecule is CCCc1cc(-c2ccc(Cl)cc2)nc2c(C(=O)Nc3cccc(S(N)(=O)=O)c3)cnn12. The van der Waals surface area contributed by atoms with E-state index in [0.717, 1.165) is 24.1 Å².